The fraction of sp³-hybridized carbons (Fsp3) is 0.500. The van der Waals surface area contributed by atoms with Crippen molar-refractivity contribution in [2.45, 2.75) is 38.6 Å². The van der Waals surface area contributed by atoms with Crippen molar-refractivity contribution >= 4 is 5.91 Å². The summed E-state index contributed by atoms with van der Waals surface area (Å²) < 4.78 is 0. The average molecular weight is 234 g/mol. The minimum atomic E-state index is -0.685. The second-order valence-electron chi connectivity index (χ2n) is 5.02. The van der Waals surface area contributed by atoms with Crippen LogP contribution in [0.15, 0.2) is 24.3 Å². The molecule has 0 heterocycles. The van der Waals surface area contributed by atoms with Crippen molar-refractivity contribution in [3.8, 4) is 0 Å². The SMILES string of the molecule is CNC(C)(Cc1cccc(C(C)C)c1)C(N)=O. The summed E-state index contributed by atoms with van der Waals surface area (Å²) in [5.41, 5.74) is 7.15. The van der Waals surface area contributed by atoms with Gasteiger partial charge in [0, 0.05) is 0 Å². The summed E-state index contributed by atoms with van der Waals surface area (Å²) in [4.78, 5) is 11.4. The predicted molar refractivity (Wildman–Crippen MR) is 70.9 cm³/mol. The highest BCUT2D eigenvalue weighted by Crippen LogP contribution is 2.19. The van der Waals surface area contributed by atoms with E-state index in [9.17, 15) is 4.79 Å². The van der Waals surface area contributed by atoms with Crippen LogP contribution >= 0.6 is 0 Å². The van der Waals surface area contributed by atoms with Gasteiger partial charge in [0.05, 0.1) is 5.54 Å². The first kappa shape index (κ1) is 13.7. The second kappa shape index (κ2) is 5.32. The van der Waals surface area contributed by atoms with Crippen LogP contribution in [0.5, 0.6) is 0 Å². The fourth-order valence-electron chi connectivity index (χ4n) is 1.77. The minimum Gasteiger partial charge on any atom is -0.368 e. The molecule has 0 radical (unpaired) electrons. The number of rotatable bonds is 5. The van der Waals surface area contributed by atoms with Gasteiger partial charge in [-0.3, -0.25) is 4.79 Å². The number of carbonyl (C=O) groups is 1. The van der Waals surface area contributed by atoms with Crippen molar-refractivity contribution in [3.05, 3.63) is 35.4 Å². The number of benzene rings is 1. The summed E-state index contributed by atoms with van der Waals surface area (Å²) in [6.45, 7) is 6.15. The van der Waals surface area contributed by atoms with Crippen molar-refractivity contribution in [1.29, 1.82) is 0 Å². The van der Waals surface area contributed by atoms with Gasteiger partial charge in [-0.25, -0.2) is 0 Å². The Morgan fingerprint density at radius 1 is 1.47 bits per heavy atom. The molecular formula is C14H22N2O. The van der Waals surface area contributed by atoms with E-state index >= 15 is 0 Å². The highest BCUT2D eigenvalue weighted by molar-refractivity contribution is 5.84. The highest BCUT2D eigenvalue weighted by Gasteiger charge is 2.29. The maximum absolute atomic E-state index is 11.4. The van der Waals surface area contributed by atoms with E-state index in [2.05, 4.69) is 31.3 Å². The van der Waals surface area contributed by atoms with E-state index in [1.807, 2.05) is 19.1 Å². The molecule has 3 heteroatoms. The molecule has 1 rings (SSSR count). The van der Waals surface area contributed by atoms with E-state index in [0.717, 1.165) is 5.56 Å². The maximum atomic E-state index is 11.4. The highest BCUT2D eigenvalue weighted by atomic mass is 16.1. The van der Waals surface area contributed by atoms with Crippen molar-refractivity contribution in [2.75, 3.05) is 7.05 Å². The van der Waals surface area contributed by atoms with Crippen LogP contribution in [-0.2, 0) is 11.2 Å². The van der Waals surface area contributed by atoms with Crippen LogP contribution in [0, 0.1) is 0 Å². The third kappa shape index (κ3) is 3.30. The largest absolute Gasteiger partial charge is 0.368 e. The number of hydrogen-bond donors (Lipinski definition) is 2. The van der Waals surface area contributed by atoms with Crippen molar-refractivity contribution < 1.29 is 4.79 Å². The Morgan fingerprint density at radius 3 is 2.59 bits per heavy atom. The zero-order valence-corrected chi connectivity index (χ0v) is 11.1. The van der Waals surface area contributed by atoms with Gasteiger partial charge in [-0.2, -0.15) is 0 Å². The Hall–Kier alpha value is -1.35. The van der Waals surface area contributed by atoms with Gasteiger partial charge >= 0.3 is 0 Å². The first-order chi connectivity index (χ1) is 7.89. The summed E-state index contributed by atoms with van der Waals surface area (Å²) in [6.07, 6.45) is 0.611. The summed E-state index contributed by atoms with van der Waals surface area (Å²) in [7, 11) is 1.76. The molecule has 94 valence electrons. The van der Waals surface area contributed by atoms with Gasteiger partial charge in [0.15, 0.2) is 0 Å². The number of hydrogen-bond acceptors (Lipinski definition) is 2. The predicted octanol–water partition coefficient (Wildman–Crippen LogP) is 1.82. The molecule has 0 aliphatic rings. The summed E-state index contributed by atoms with van der Waals surface area (Å²) >= 11 is 0. The Morgan fingerprint density at radius 2 is 2.12 bits per heavy atom. The topological polar surface area (TPSA) is 55.1 Å². The van der Waals surface area contributed by atoms with Gasteiger partial charge in [0.25, 0.3) is 0 Å². The molecule has 0 bridgehead atoms. The number of nitrogens with two attached hydrogens (primary N) is 1. The van der Waals surface area contributed by atoms with Crippen LogP contribution in [-0.4, -0.2) is 18.5 Å². The Bertz CT molecular complexity index is 401. The van der Waals surface area contributed by atoms with Crippen LogP contribution in [0.4, 0.5) is 0 Å². The molecule has 1 aromatic rings. The van der Waals surface area contributed by atoms with Crippen molar-refractivity contribution in [1.82, 2.24) is 5.32 Å². The molecule has 1 amide bonds. The van der Waals surface area contributed by atoms with Gasteiger partial charge in [0.2, 0.25) is 5.91 Å². The van der Waals surface area contributed by atoms with Crippen LogP contribution in [0.25, 0.3) is 0 Å². The Labute approximate surface area is 103 Å². The number of amides is 1. The molecule has 3 N–H and O–H groups in total. The third-order valence-electron chi connectivity index (χ3n) is 3.27. The molecule has 3 nitrogen and oxygen atoms in total. The Balaban J connectivity index is 2.94. The van der Waals surface area contributed by atoms with Crippen LogP contribution < -0.4 is 11.1 Å². The van der Waals surface area contributed by atoms with E-state index < -0.39 is 5.54 Å². The van der Waals surface area contributed by atoms with Crippen molar-refractivity contribution in [2.24, 2.45) is 5.73 Å². The number of primary amides is 1. The van der Waals surface area contributed by atoms with Crippen LogP contribution in [0.1, 0.15) is 37.8 Å². The minimum absolute atomic E-state index is 0.324. The summed E-state index contributed by atoms with van der Waals surface area (Å²) in [6, 6.07) is 8.31. The van der Waals surface area contributed by atoms with E-state index in [0.29, 0.717) is 12.3 Å². The lowest BCUT2D eigenvalue weighted by molar-refractivity contribution is -0.123. The monoisotopic (exact) mass is 234 g/mol. The molecule has 17 heavy (non-hydrogen) atoms. The third-order valence-corrected chi connectivity index (χ3v) is 3.27. The van der Waals surface area contributed by atoms with Gasteiger partial charge in [0.1, 0.15) is 0 Å². The van der Waals surface area contributed by atoms with Crippen LogP contribution in [0.2, 0.25) is 0 Å². The summed E-state index contributed by atoms with van der Waals surface area (Å²) in [5.74, 6) is 0.166. The lowest BCUT2D eigenvalue weighted by Crippen LogP contribution is -2.53. The molecule has 0 saturated heterocycles. The molecule has 0 aliphatic heterocycles. The van der Waals surface area contributed by atoms with E-state index in [-0.39, 0.29) is 5.91 Å². The number of likely N-dealkylation sites (N-methyl/N-ethyl adjacent to an activating group) is 1. The van der Waals surface area contributed by atoms with Gasteiger partial charge in [-0.05, 0) is 37.4 Å². The normalized spacial score (nSPS) is 14.6. The zero-order chi connectivity index (χ0) is 13.1. The molecule has 0 aromatic heterocycles. The molecule has 0 fully saturated rings. The second-order valence-corrected chi connectivity index (χ2v) is 5.02. The molecule has 0 aliphatic carbocycles. The molecule has 1 unspecified atom stereocenters. The first-order valence-electron chi connectivity index (χ1n) is 5.96. The van der Waals surface area contributed by atoms with Crippen LogP contribution in [0.3, 0.4) is 0 Å². The molecule has 1 aromatic carbocycles. The molecular weight excluding hydrogens is 212 g/mol. The lowest BCUT2D eigenvalue weighted by Gasteiger charge is -2.25. The van der Waals surface area contributed by atoms with E-state index in [1.54, 1.807) is 7.05 Å². The molecule has 0 saturated carbocycles. The molecule has 0 spiro atoms. The number of nitrogens with one attached hydrogen (secondary N) is 1. The van der Waals surface area contributed by atoms with Gasteiger partial charge in [-0.1, -0.05) is 38.1 Å². The zero-order valence-electron chi connectivity index (χ0n) is 11.1. The van der Waals surface area contributed by atoms with E-state index in [4.69, 9.17) is 5.73 Å². The van der Waals surface area contributed by atoms with Gasteiger partial charge < -0.3 is 11.1 Å². The Kier molecular flexibility index (Phi) is 4.29. The van der Waals surface area contributed by atoms with E-state index in [1.165, 1.54) is 5.56 Å². The fourth-order valence-corrected chi connectivity index (χ4v) is 1.77. The average Bonchev–Trinajstić information content (AvgIpc) is 2.29. The van der Waals surface area contributed by atoms with Crippen molar-refractivity contribution in [3.63, 3.8) is 0 Å². The maximum Gasteiger partial charge on any atom is 0.237 e. The quantitative estimate of drug-likeness (QED) is 0.816. The smallest absolute Gasteiger partial charge is 0.237 e. The summed E-state index contributed by atoms with van der Waals surface area (Å²) in [5, 5.41) is 3.00. The number of carbonyl (C=O) groups excluding carboxylic acids is 1. The lowest BCUT2D eigenvalue weighted by atomic mass is 9.90. The molecule has 1 atom stereocenters. The standard InChI is InChI=1S/C14H22N2O/c1-10(2)12-7-5-6-11(8-12)9-14(3,16-4)13(15)17/h5-8,10,16H,9H2,1-4H3,(H2,15,17). The first-order valence-corrected chi connectivity index (χ1v) is 5.96. The van der Waals surface area contributed by atoms with Gasteiger partial charge in [-0.15, -0.1) is 0 Å².